The molecule has 106 valence electrons. The molecule has 19 heavy (non-hydrogen) atoms. The third-order valence-corrected chi connectivity index (χ3v) is 6.17. The summed E-state index contributed by atoms with van der Waals surface area (Å²) in [6.45, 7) is 4.07. The molecule has 1 aliphatic rings. The molecule has 2 rings (SSSR count). The molecule has 0 spiro atoms. The largest absolute Gasteiger partial charge is 0.397 e. The first-order chi connectivity index (χ1) is 8.80. The lowest BCUT2D eigenvalue weighted by Gasteiger charge is -2.38. The second-order valence-electron chi connectivity index (χ2n) is 5.92. The van der Waals surface area contributed by atoms with Gasteiger partial charge >= 0.3 is 0 Å². The zero-order valence-corrected chi connectivity index (χ0v) is 12.5. The Morgan fingerprint density at radius 2 is 1.84 bits per heavy atom. The third kappa shape index (κ3) is 2.91. The van der Waals surface area contributed by atoms with Crippen molar-refractivity contribution in [1.82, 2.24) is 4.98 Å². The number of pyridine rings is 1. The van der Waals surface area contributed by atoms with Crippen molar-refractivity contribution in [3.05, 3.63) is 24.0 Å². The summed E-state index contributed by atoms with van der Waals surface area (Å²) < 4.78 is 23.8. The highest BCUT2D eigenvalue weighted by Crippen LogP contribution is 2.43. The minimum atomic E-state index is -2.98. The van der Waals surface area contributed by atoms with Gasteiger partial charge in [-0.25, -0.2) is 8.42 Å². The second kappa shape index (κ2) is 5.12. The Morgan fingerprint density at radius 1 is 1.26 bits per heavy atom. The Balaban J connectivity index is 2.25. The summed E-state index contributed by atoms with van der Waals surface area (Å²) in [4.78, 5) is 4.01. The van der Waals surface area contributed by atoms with Crippen LogP contribution in [0.3, 0.4) is 0 Å². The molecule has 1 aromatic rings. The highest BCUT2D eigenvalue weighted by Gasteiger charge is 2.39. The number of hydrogen-bond donors (Lipinski definition) is 1. The van der Waals surface area contributed by atoms with E-state index in [-0.39, 0.29) is 17.1 Å². The lowest BCUT2D eigenvalue weighted by atomic mass is 9.73. The molecule has 1 fully saturated rings. The van der Waals surface area contributed by atoms with E-state index in [0.717, 1.165) is 18.4 Å². The van der Waals surface area contributed by atoms with Crippen molar-refractivity contribution in [2.45, 2.75) is 37.9 Å². The van der Waals surface area contributed by atoms with Crippen LogP contribution in [0.25, 0.3) is 0 Å². The monoisotopic (exact) mass is 282 g/mol. The van der Waals surface area contributed by atoms with Crippen molar-refractivity contribution in [3.8, 4) is 0 Å². The van der Waals surface area contributed by atoms with E-state index in [9.17, 15) is 8.42 Å². The summed E-state index contributed by atoms with van der Waals surface area (Å²) in [5.41, 5.74) is 7.81. The van der Waals surface area contributed by atoms with E-state index in [0.29, 0.717) is 11.6 Å². The van der Waals surface area contributed by atoms with Gasteiger partial charge in [0.15, 0.2) is 9.84 Å². The SMILES string of the molecule is C[C@@H]1CC(c2ccncc2N)C[C@H](C)C1S(C)(=O)=O. The first kappa shape index (κ1) is 14.3. The van der Waals surface area contributed by atoms with Crippen LogP contribution in [0.4, 0.5) is 5.69 Å². The van der Waals surface area contributed by atoms with Gasteiger partial charge in [0, 0.05) is 12.5 Å². The van der Waals surface area contributed by atoms with Gasteiger partial charge in [0.25, 0.3) is 0 Å². The van der Waals surface area contributed by atoms with Crippen molar-refractivity contribution in [2.24, 2.45) is 11.8 Å². The number of hydrogen-bond acceptors (Lipinski definition) is 4. The van der Waals surface area contributed by atoms with Crippen LogP contribution in [0, 0.1) is 11.8 Å². The molecule has 1 aliphatic carbocycles. The molecule has 0 aliphatic heterocycles. The molecular formula is C14H22N2O2S. The summed E-state index contributed by atoms with van der Waals surface area (Å²) in [5, 5.41) is -0.230. The summed E-state index contributed by atoms with van der Waals surface area (Å²) >= 11 is 0. The zero-order chi connectivity index (χ0) is 14.2. The van der Waals surface area contributed by atoms with Crippen LogP contribution in [0.15, 0.2) is 18.5 Å². The molecule has 4 atom stereocenters. The summed E-state index contributed by atoms with van der Waals surface area (Å²) in [6, 6.07) is 1.96. The fraction of sp³-hybridized carbons (Fsp3) is 0.643. The van der Waals surface area contributed by atoms with Gasteiger partial charge in [-0.15, -0.1) is 0 Å². The van der Waals surface area contributed by atoms with E-state index in [4.69, 9.17) is 5.73 Å². The molecule has 1 aromatic heterocycles. The van der Waals surface area contributed by atoms with E-state index in [1.165, 1.54) is 6.26 Å². The van der Waals surface area contributed by atoms with Gasteiger partial charge in [-0.2, -0.15) is 0 Å². The number of rotatable bonds is 2. The van der Waals surface area contributed by atoms with Gasteiger partial charge in [-0.3, -0.25) is 4.98 Å². The van der Waals surface area contributed by atoms with Gasteiger partial charge in [-0.05, 0) is 42.2 Å². The molecule has 1 heterocycles. The maximum atomic E-state index is 11.9. The quantitative estimate of drug-likeness (QED) is 0.902. The second-order valence-corrected chi connectivity index (χ2v) is 8.13. The Kier molecular flexibility index (Phi) is 3.85. The first-order valence-corrected chi connectivity index (χ1v) is 8.64. The average Bonchev–Trinajstić information content (AvgIpc) is 2.26. The maximum Gasteiger partial charge on any atom is 0.150 e. The molecule has 0 amide bonds. The van der Waals surface area contributed by atoms with Crippen molar-refractivity contribution < 1.29 is 8.42 Å². The third-order valence-electron chi connectivity index (χ3n) is 4.26. The topological polar surface area (TPSA) is 73.0 Å². The van der Waals surface area contributed by atoms with Crippen LogP contribution in [-0.4, -0.2) is 24.9 Å². The number of nitrogen functional groups attached to an aromatic ring is 1. The lowest BCUT2D eigenvalue weighted by Crippen LogP contribution is -2.39. The van der Waals surface area contributed by atoms with Gasteiger partial charge < -0.3 is 5.73 Å². The Bertz CT molecular complexity index is 544. The van der Waals surface area contributed by atoms with E-state index >= 15 is 0 Å². The average molecular weight is 282 g/mol. The smallest absolute Gasteiger partial charge is 0.150 e. The predicted molar refractivity (Wildman–Crippen MR) is 77.6 cm³/mol. The molecule has 1 saturated carbocycles. The van der Waals surface area contributed by atoms with E-state index in [1.54, 1.807) is 12.4 Å². The number of nitrogens with two attached hydrogens (primary N) is 1. The fourth-order valence-corrected chi connectivity index (χ4v) is 5.62. The molecule has 4 nitrogen and oxygen atoms in total. The molecule has 5 heteroatoms. The molecule has 0 bridgehead atoms. The van der Waals surface area contributed by atoms with Crippen LogP contribution in [0.5, 0.6) is 0 Å². The fourth-order valence-electron chi connectivity index (χ4n) is 3.71. The van der Waals surface area contributed by atoms with E-state index < -0.39 is 9.84 Å². The number of anilines is 1. The van der Waals surface area contributed by atoms with Crippen molar-refractivity contribution >= 4 is 15.5 Å². The van der Waals surface area contributed by atoms with Crippen LogP contribution in [0.2, 0.25) is 0 Å². The van der Waals surface area contributed by atoms with Crippen molar-refractivity contribution in [3.63, 3.8) is 0 Å². The first-order valence-electron chi connectivity index (χ1n) is 6.69. The van der Waals surface area contributed by atoms with Crippen LogP contribution < -0.4 is 5.73 Å². The normalized spacial score (nSPS) is 32.2. The van der Waals surface area contributed by atoms with E-state index in [1.807, 2.05) is 19.9 Å². The molecule has 0 saturated heterocycles. The molecule has 2 unspecified atom stereocenters. The minimum Gasteiger partial charge on any atom is -0.397 e. The molecular weight excluding hydrogens is 260 g/mol. The predicted octanol–water partition coefficient (Wildman–Crippen LogP) is 2.23. The Labute approximate surface area is 115 Å². The summed E-state index contributed by atoms with van der Waals surface area (Å²) in [5.74, 6) is 0.665. The van der Waals surface area contributed by atoms with Gasteiger partial charge in [0.1, 0.15) is 0 Å². The van der Waals surface area contributed by atoms with Gasteiger partial charge in [0.05, 0.1) is 17.1 Å². The van der Waals surface area contributed by atoms with Crippen molar-refractivity contribution in [1.29, 1.82) is 0 Å². The standard InChI is InChI=1S/C14H22N2O2S/c1-9-6-11(12-4-5-16-8-13(12)15)7-10(2)14(9)19(3,17)18/h4-5,8-11,14H,6-7,15H2,1-3H3/t9-,10+,11?,14?. The zero-order valence-electron chi connectivity index (χ0n) is 11.7. The van der Waals surface area contributed by atoms with Gasteiger partial charge in [0.2, 0.25) is 0 Å². The molecule has 0 aromatic carbocycles. The number of aromatic nitrogens is 1. The van der Waals surface area contributed by atoms with Crippen LogP contribution in [0.1, 0.15) is 38.2 Å². The maximum absolute atomic E-state index is 11.9. The summed E-state index contributed by atoms with van der Waals surface area (Å²) in [7, 11) is -2.98. The molecule has 2 N–H and O–H groups in total. The minimum absolute atomic E-state index is 0.163. The van der Waals surface area contributed by atoms with Crippen LogP contribution >= 0.6 is 0 Å². The molecule has 0 radical (unpaired) electrons. The summed E-state index contributed by atoms with van der Waals surface area (Å²) in [6.07, 6.45) is 6.52. The number of nitrogens with zero attached hydrogens (tertiary/aromatic N) is 1. The highest BCUT2D eigenvalue weighted by atomic mass is 32.2. The Morgan fingerprint density at radius 3 is 2.32 bits per heavy atom. The van der Waals surface area contributed by atoms with E-state index in [2.05, 4.69) is 4.98 Å². The Hall–Kier alpha value is -1.10. The van der Waals surface area contributed by atoms with Crippen molar-refractivity contribution in [2.75, 3.05) is 12.0 Å². The van der Waals surface area contributed by atoms with Gasteiger partial charge in [-0.1, -0.05) is 13.8 Å². The lowest BCUT2D eigenvalue weighted by molar-refractivity contribution is 0.271. The van der Waals surface area contributed by atoms with Crippen LogP contribution in [-0.2, 0) is 9.84 Å². The number of sulfone groups is 1. The highest BCUT2D eigenvalue weighted by molar-refractivity contribution is 7.91.